The SMILES string of the molecule is CCOC(=O)C1C(C=C(c2ccc(C)cc2)C(F)(F)F)C1(C)C. The first-order chi connectivity index (χ1) is 10.6. The second-order valence-electron chi connectivity index (χ2n) is 6.52. The Morgan fingerprint density at radius 1 is 1.26 bits per heavy atom. The van der Waals surface area contributed by atoms with E-state index in [0.29, 0.717) is 0 Å². The molecule has 1 aliphatic carbocycles. The second-order valence-corrected chi connectivity index (χ2v) is 6.52. The van der Waals surface area contributed by atoms with Crippen LogP contribution in [0, 0.1) is 24.2 Å². The molecule has 1 aromatic carbocycles. The molecule has 23 heavy (non-hydrogen) atoms. The summed E-state index contributed by atoms with van der Waals surface area (Å²) in [4.78, 5) is 11.9. The lowest BCUT2D eigenvalue weighted by atomic mass is 10.0. The molecular weight excluding hydrogens is 305 g/mol. The quantitative estimate of drug-likeness (QED) is 0.745. The smallest absolute Gasteiger partial charge is 0.416 e. The van der Waals surface area contributed by atoms with Crippen molar-refractivity contribution in [2.75, 3.05) is 6.61 Å². The number of ether oxygens (including phenoxy) is 1. The molecular formula is C18H21F3O2. The van der Waals surface area contributed by atoms with E-state index in [1.165, 1.54) is 18.2 Å². The Balaban J connectivity index is 2.36. The zero-order chi connectivity index (χ0) is 17.4. The summed E-state index contributed by atoms with van der Waals surface area (Å²) >= 11 is 0. The Hall–Kier alpha value is -1.78. The molecule has 5 heteroatoms. The summed E-state index contributed by atoms with van der Waals surface area (Å²) < 4.78 is 45.3. The Bertz CT molecular complexity index is 612. The number of carbonyl (C=O) groups excluding carboxylic acids is 1. The van der Waals surface area contributed by atoms with Gasteiger partial charge in [-0.25, -0.2) is 0 Å². The largest absolute Gasteiger partial charge is 0.466 e. The first kappa shape index (κ1) is 17.6. The van der Waals surface area contributed by atoms with Gasteiger partial charge < -0.3 is 4.74 Å². The lowest BCUT2D eigenvalue weighted by Crippen LogP contribution is -2.12. The Kier molecular flexibility index (Phi) is 4.60. The topological polar surface area (TPSA) is 26.3 Å². The zero-order valence-electron chi connectivity index (χ0n) is 13.7. The molecule has 1 fully saturated rings. The lowest BCUT2D eigenvalue weighted by molar-refractivity contribution is -0.145. The first-order valence-electron chi connectivity index (χ1n) is 7.61. The third-order valence-corrected chi connectivity index (χ3v) is 4.47. The number of hydrogen-bond acceptors (Lipinski definition) is 2. The minimum Gasteiger partial charge on any atom is -0.466 e. The summed E-state index contributed by atoms with van der Waals surface area (Å²) in [7, 11) is 0. The summed E-state index contributed by atoms with van der Waals surface area (Å²) in [6, 6.07) is 6.22. The highest BCUT2D eigenvalue weighted by Gasteiger charge is 2.62. The number of allylic oxidation sites excluding steroid dienone is 2. The van der Waals surface area contributed by atoms with Crippen molar-refractivity contribution in [1.82, 2.24) is 0 Å². The van der Waals surface area contributed by atoms with Crippen LogP contribution >= 0.6 is 0 Å². The predicted octanol–water partition coefficient (Wildman–Crippen LogP) is 4.78. The molecule has 2 nitrogen and oxygen atoms in total. The Morgan fingerprint density at radius 2 is 1.83 bits per heavy atom. The van der Waals surface area contributed by atoms with Gasteiger partial charge in [0.1, 0.15) is 0 Å². The van der Waals surface area contributed by atoms with Gasteiger partial charge in [0.15, 0.2) is 0 Å². The van der Waals surface area contributed by atoms with Gasteiger partial charge in [-0.1, -0.05) is 49.8 Å². The van der Waals surface area contributed by atoms with Crippen molar-refractivity contribution in [2.24, 2.45) is 17.3 Å². The molecule has 0 bridgehead atoms. The molecule has 126 valence electrons. The molecule has 1 aliphatic rings. The maximum Gasteiger partial charge on any atom is 0.416 e. The zero-order valence-corrected chi connectivity index (χ0v) is 13.7. The molecule has 2 rings (SSSR count). The van der Waals surface area contributed by atoms with Crippen LogP contribution < -0.4 is 0 Å². The third-order valence-electron chi connectivity index (χ3n) is 4.47. The van der Waals surface area contributed by atoms with Crippen LogP contribution in [0.4, 0.5) is 13.2 Å². The minimum atomic E-state index is -4.47. The second kappa shape index (κ2) is 6.02. The van der Waals surface area contributed by atoms with E-state index in [9.17, 15) is 18.0 Å². The number of benzene rings is 1. The van der Waals surface area contributed by atoms with Crippen LogP contribution in [0.15, 0.2) is 30.3 Å². The van der Waals surface area contributed by atoms with Gasteiger partial charge in [0.25, 0.3) is 0 Å². The summed E-state index contributed by atoms with van der Waals surface area (Å²) in [5.41, 5.74) is -0.199. The van der Waals surface area contributed by atoms with Gasteiger partial charge in [-0.15, -0.1) is 0 Å². The van der Waals surface area contributed by atoms with E-state index >= 15 is 0 Å². The first-order valence-corrected chi connectivity index (χ1v) is 7.61. The fourth-order valence-electron chi connectivity index (χ4n) is 2.94. The lowest BCUT2D eigenvalue weighted by Gasteiger charge is -2.13. The van der Waals surface area contributed by atoms with Crippen molar-refractivity contribution in [3.63, 3.8) is 0 Å². The molecule has 0 N–H and O–H groups in total. The highest BCUT2D eigenvalue weighted by atomic mass is 19.4. The van der Waals surface area contributed by atoms with Crippen LogP contribution in [-0.4, -0.2) is 18.8 Å². The van der Waals surface area contributed by atoms with Gasteiger partial charge in [0.05, 0.1) is 18.1 Å². The van der Waals surface area contributed by atoms with E-state index in [4.69, 9.17) is 4.74 Å². The van der Waals surface area contributed by atoms with Crippen LogP contribution in [0.5, 0.6) is 0 Å². The molecule has 0 heterocycles. The van der Waals surface area contributed by atoms with E-state index in [-0.39, 0.29) is 12.2 Å². The number of carbonyl (C=O) groups is 1. The number of aryl methyl sites for hydroxylation is 1. The van der Waals surface area contributed by atoms with Crippen molar-refractivity contribution < 1.29 is 22.7 Å². The highest BCUT2D eigenvalue weighted by molar-refractivity contribution is 5.80. The molecule has 2 unspecified atom stereocenters. The number of halogens is 3. The number of hydrogen-bond donors (Lipinski definition) is 0. The van der Waals surface area contributed by atoms with E-state index in [2.05, 4.69) is 0 Å². The third kappa shape index (κ3) is 3.59. The minimum absolute atomic E-state index is 0.119. The van der Waals surface area contributed by atoms with E-state index in [1.54, 1.807) is 32.9 Å². The predicted molar refractivity (Wildman–Crippen MR) is 82.6 cm³/mol. The number of alkyl halides is 3. The highest BCUT2D eigenvalue weighted by Crippen LogP contribution is 2.60. The van der Waals surface area contributed by atoms with Gasteiger partial charge in [-0.2, -0.15) is 13.2 Å². The summed E-state index contributed by atoms with van der Waals surface area (Å²) in [5, 5.41) is 0. The number of rotatable bonds is 4. The molecule has 0 radical (unpaired) electrons. The fraction of sp³-hybridized carbons (Fsp3) is 0.500. The van der Waals surface area contributed by atoms with Crippen molar-refractivity contribution >= 4 is 11.5 Å². The maximum absolute atomic E-state index is 13.4. The van der Waals surface area contributed by atoms with Gasteiger partial charge >= 0.3 is 12.1 Å². The van der Waals surface area contributed by atoms with Gasteiger partial charge in [0.2, 0.25) is 0 Å². The van der Waals surface area contributed by atoms with E-state index in [0.717, 1.165) is 5.56 Å². The van der Waals surface area contributed by atoms with E-state index in [1.807, 2.05) is 6.92 Å². The fourth-order valence-corrected chi connectivity index (χ4v) is 2.94. The van der Waals surface area contributed by atoms with Gasteiger partial charge in [0, 0.05) is 0 Å². The molecule has 0 aromatic heterocycles. The molecule has 2 atom stereocenters. The van der Waals surface area contributed by atoms with Crippen LogP contribution in [-0.2, 0) is 9.53 Å². The number of esters is 1. The molecule has 0 spiro atoms. The molecule has 1 aromatic rings. The Morgan fingerprint density at radius 3 is 2.30 bits per heavy atom. The monoisotopic (exact) mass is 326 g/mol. The molecule has 1 saturated carbocycles. The summed E-state index contributed by atoms with van der Waals surface area (Å²) in [6.45, 7) is 7.32. The van der Waals surface area contributed by atoms with Crippen molar-refractivity contribution in [2.45, 2.75) is 33.9 Å². The molecule has 0 aliphatic heterocycles. The normalized spacial score (nSPS) is 23.5. The van der Waals surface area contributed by atoms with Crippen LogP contribution in [0.2, 0.25) is 0 Å². The standard InChI is InChI=1S/C18H21F3O2/c1-5-23-16(22)15-14(17(15,3)4)10-13(18(19,20)21)12-8-6-11(2)7-9-12/h6-10,14-15H,5H2,1-4H3. The average Bonchev–Trinajstić information content (AvgIpc) is 2.97. The van der Waals surface area contributed by atoms with Gasteiger partial charge in [-0.3, -0.25) is 4.79 Å². The Labute approximate surface area is 134 Å². The van der Waals surface area contributed by atoms with Gasteiger partial charge in [-0.05, 0) is 30.7 Å². The van der Waals surface area contributed by atoms with Crippen LogP contribution in [0.1, 0.15) is 31.9 Å². The van der Waals surface area contributed by atoms with Crippen molar-refractivity contribution in [1.29, 1.82) is 0 Å². The van der Waals surface area contributed by atoms with Crippen molar-refractivity contribution in [3.8, 4) is 0 Å². The average molecular weight is 326 g/mol. The molecule has 0 amide bonds. The summed E-state index contributed by atoms with van der Waals surface area (Å²) in [5.74, 6) is -1.42. The van der Waals surface area contributed by atoms with Crippen molar-refractivity contribution in [3.05, 3.63) is 41.5 Å². The molecule has 0 saturated heterocycles. The van der Waals surface area contributed by atoms with E-state index < -0.39 is 35.0 Å². The summed E-state index contributed by atoms with van der Waals surface area (Å²) in [6.07, 6.45) is -3.28. The maximum atomic E-state index is 13.4. The van der Waals surface area contributed by atoms with Crippen LogP contribution in [0.3, 0.4) is 0 Å². The van der Waals surface area contributed by atoms with Crippen LogP contribution in [0.25, 0.3) is 5.57 Å².